The maximum Gasteiger partial charge on any atom is 0.226 e. The molecule has 25 heavy (non-hydrogen) atoms. The quantitative estimate of drug-likeness (QED) is 0.802. The molecule has 1 aromatic heterocycles. The van der Waals surface area contributed by atoms with Crippen LogP contribution in [0.4, 0.5) is 0 Å². The lowest BCUT2D eigenvalue weighted by molar-refractivity contribution is -0.138. The normalized spacial score (nSPS) is 27.0. The molecule has 0 aromatic carbocycles. The van der Waals surface area contributed by atoms with Crippen LogP contribution >= 0.6 is 0 Å². The lowest BCUT2D eigenvalue weighted by atomic mass is 9.86. The number of aromatic amines is 1. The zero-order valence-corrected chi connectivity index (χ0v) is 15.7. The number of aromatic nitrogens is 2. The van der Waals surface area contributed by atoms with E-state index >= 15 is 0 Å². The largest absolute Gasteiger partial charge is 0.382 e. The Kier molecular flexibility index (Phi) is 6.12. The summed E-state index contributed by atoms with van der Waals surface area (Å²) in [5, 5.41) is 7.39. The van der Waals surface area contributed by atoms with Gasteiger partial charge in [-0.3, -0.25) is 9.89 Å². The Morgan fingerprint density at radius 3 is 2.60 bits per heavy atom. The van der Waals surface area contributed by atoms with Gasteiger partial charge in [-0.25, -0.2) is 0 Å². The number of H-pyrrole nitrogens is 1. The van der Waals surface area contributed by atoms with Gasteiger partial charge in [0.05, 0.1) is 31.1 Å². The van der Waals surface area contributed by atoms with Crippen molar-refractivity contribution >= 4 is 5.91 Å². The summed E-state index contributed by atoms with van der Waals surface area (Å²) < 4.78 is 10.9. The number of amides is 1. The van der Waals surface area contributed by atoms with Crippen molar-refractivity contribution in [2.24, 2.45) is 5.92 Å². The third kappa shape index (κ3) is 4.06. The lowest BCUT2D eigenvalue weighted by Gasteiger charge is -2.33. The van der Waals surface area contributed by atoms with Gasteiger partial charge in [0.25, 0.3) is 0 Å². The molecule has 2 heterocycles. The van der Waals surface area contributed by atoms with E-state index in [0.717, 1.165) is 56.5 Å². The van der Waals surface area contributed by atoms with Crippen molar-refractivity contribution in [1.29, 1.82) is 0 Å². The van der Waals surface area contributed by atoms with Crippen molar-refractivity contribution in [2.45, 2.75) is 64.5 Å². The molecule has 1 N–H and O–H groups in total. The minimum Gasteiger partial charge on any atom is -0.382 e. The number of carbonyl (C=O) groups is 1. The second-order valence-corrected chi connectivity index (χ2v) is 7.37. The third-order valence-electron chi connectivity index (χ3n) is 5.72. The predicted molar refractivity (Wildman–Crippen MR) is 95.3 cm³/mol. The molecule has 6 heteroatoms. The van der Waals surface area contributed by atoms with Crippen LogP contribution < -0.4 is 0 Å². The molecule has 1 saturated heterocycles. The topological polar surface area (TPSA) is 67.5 Å². The Morgan fingerprint density at radius 2 is 1.96 bits per heavy atom. The number of ether oxygens (including phenoxy) is 2. The molecule has 0 spiro atoms. The van der Waals surface area contributed by atoms with Gasteiger partial charge in [0.15, 0.2) is 0 Å². The minimum atomic E-state index is 0.149. The SMILES string of the molecule is COCCOC1CCC(C(=O)N2CCCC2c2c(C)n[nH]c2C)CC1. The van der Waals surface area contributed by atoms with E-state index in [-0.39, 0.29) is 18.1 Å². The Bertz CT molecular complexity index is 559. The Morgan fingerprint density at radius 1 is 1.20 bits per heavy atom. The Hall–Kier alpha value is -1.40. The first-order chi connectivity index (χ1) is 12.1. The molecule has 1 aliphatic heterocycles. The van der Waals surface area contributed by atoms with E-state index in [0.29, 0.717) is 19.1 Å². The van der Waals surface area contributed by atoms with E-state index < -0.39 is 0 Å². The molecule has 2 aliphatic rings. The molecule has 3 rings (SSSR count). The standard InChI is InChI=1S/C19H31N3O3/c1-13-18(14(2)21-20-13)17-5-4-10-22(17)19(23)15-6-8-16(9-7-15)25-12-11-24-3/h15-17H,4-12H2,1-3H3,(H,20,21). The summed E-state index contributed by atoms with van der Waals surface area (Å²) in [5.41, 5.74) is 3.34. The van der Waals surface area contributed by atoms with Gasteiger partial charge >= 0.3 is 0 Å². The highest BCUT2D eigenvalue weighted by Gasteiger charge is 2.37. The first kappa shape index (κ1) is 18.4. The fourth-order valence-electron chi connectivity index (χ4n) is 4.39. The number of aryl methyl sites for hydroxylation is 2. The summed E-state index contributed by atoms with van der Waals surface area (Å²) in [6.45, 7) is 6.24. The molecule has 1 aliphatic carbocycles. The fourth-order valence-corrected chi connectivity index (χ4v) is 4.39. The van der Waals surface area contributed by atoms with Gasteiger partial charge in [0.2, 0.25) is 5.91 Å². The number of rotatable bonds is 6. The maximum atomic E-state index is 13.1. The molecule has 1 unspecified atom stereocenters. The van der Waals surface area contributed by atoms with E-state index in [1.54, 1.807) is 7.11 Å². The molecular weight excluding hydrogens is 318 g/mol. The summed E-state index contributed by atoms with van der Waals surface area (Å²) >= 11 is 0. The first-order valence-electron chi connectivity index (χ1n) is 9.54. The monoisotopic (exact) mass is 349 g/mol. The molecule has 0 bridgehead atoms. The predicted octanol–water partition coefficient (Wildman–Crippen LogP) is 2.91. The summed E-state index contributed by atoms with van der Waals surface area (Å²) in [5.74, 6) is 0.480. The highest BCUT2D eigenvalue weighted by Crippen LogP contribution is 2.38. The number of likely N-dealkylation sites (tertiary alicyclic amines) is 1. The average molecular weight is 349 g/mol. The smallest absolute Gasteiger partial charge is 0.226 e. The molecule has 6 nitrogen and oxygen atoms in total. The third-order valence-corrected chi connectivity index (χ3v) is 5.72. The molecule has 2 fully saturated rings. The van der Waals surface area contributed by atoms with E-state index in [9.17, 15) is 4.79 Å². The zero-order valence-electron chi connectivity index (χ0n) is 15.7. The number of hydrogen-bond acceptors (Lipinski definition) is 4. The van der Waals surface area contributed by atoms with E-state index in [2.05, 4.69) is 22.0 Å². The molecule has 1 amide bonds. The second kappa shape index (κ2) is 8.32. The van der Waals surface area contributed by atoms with Crippen LogP contribution in [0.15, 0.2) is 0 Å². The van der Waals surface area contributed by atoms with Gasteiger partial charge in [0.1, 0.15) is 0 Å². The zero-order chi connectivity index (χ0) is 17.8. The molecule has 0 radical (unpaired) electrons. The van der Waals surface area contributed by atoms with Crippen molar-refractivity contribution < 1.29 is 14.3 Å². The van der Waals surface area contributed by atoms with Gasteiger partial charge < -0.3 is 14.4 Å². The molecule has 140 valence electrons. The highest BCUT2D eigenvalue weighted by atomic mass is 16.5. The van der Waals surface area contributed by atoms with Crippen LogP contribution in [0.3, 0.4) is 0 Å². The second-order valence-electron chi connectivity index (χ2n) is 7.37. The number of methoxy groups -OCH3 is 1. The van der Waals surface area contributed by atoms with Gasteiger partial charge in [-0.05, 0) is 52.4 Å². The van der Waals surface area contributed by atoms with Crippen molar-refractivity contribution in [1.82, 2.24) is 15.1 Å². The number of hydrogen-bond donors (Lipinski definition) is 1. The van der Waals surface area contributed by atoms with Crippen LogP contribution in [0.2, 0.25) is 0 Å². The average Bonchev–Trinajstić information content (AvgIpc) is 3.21. The number of carbonyl (C=O) groups excluding carboxylic acids is 1. The van der Waals surface area contributed by atoms with Gasteiger partial charge in [-0.1, -0.05) is 0 Å². The summed E-state index contributed by atoms with van der Waals surface area (Å²) in [6.07, 6.45) is 6.22. The number of nitrogens with one attached hydrogen (secondary N) is 1. The Balaban J connectivity index is 1.58. The summed E-state index contributed by atoms with van der Waals surface area (Å²) in [4.78, 5) is 15.2. The molecular formula is C19H31N3O3. The summed E-state index contributed by atoms with van der Waals surface area (Å²) in [6, 6.07) is 0.196. The lowest BCUT2D eigenvalue weighted by Crippen LogP contribution is -2.38. The van der Waals surface area contributed by atoms with Crippen LogP contribution in [0.1, 0.15) is 61.5 Å². The van der Waals surface area contributed by atoms with Gasteiger partial charge in [-0.2, -0.15) is 5.10 Å². The molecule has 1 atom stereocenters. The van der Waals surface area contributed by atoms with Crippen LogP contribution in [0.5, 0.6) is 0 Å². The fraction of sp³-hybridized carbons (Fsp3) is 0.789. The van der Waals surface area contributed by atoms with Crippen molar-refractivity contribution in [2.75, 3.05) is 26.9 Å². The maximum absolute atomic E-state index is 13.1. The van der Waals surface area contributed by atoms with E-state index in [4.69, 9.17) is 9.47 Å². The van der Waals surface area contributed by atoms with E-state index in [1.807, 2.05) is 6.92 Å². The van der Waals surface area contributed by atoms with Crippen LogP contribution in [-0.4, -0.2) is 54.0 Å². The van der Waals surface area contributed by atoms with Crippen LogP contribution in [0.25, 0.3) is 0 Å². The molecule has 1 aromatic rings. The van der Waals surface area contributed by atoms with Crippen LogP contribution in [-0.2, 0) is 14.3 Å². The van der Waals surface area contributed by atoms with Gasteiger partial charge in [0, 0.05) is 30.8 Å². The minimum absolute atomic E-state index is 0.149. The number of nitrogens with zero attached hydrogens (tertiary/aromatic N) is 2. The summed E-state index contributed by atoms with van der Waals surface area (Å²) in [7, 11) is 1.69. The Labute approximate surface area is 150 Å². The van der Waals surface area contributed by atoms with E-state index in [1.165, 1.54) is 5.56 Å². The van der Waals surface area contributed by atoms with Crippen molar-refractivity contribution in [3.63, 3.8) is 0 Å². The first-order valence-corrected chi connectivity index (χ1v) is 9.54. The van der Waals surface area contributed by atoms with Crippen LogP contribution in [0, 0.1) is 19.8 Å². The molecule has 1 saturated carbocycles. The van der Waals surface area contributed by atoms with Gasteiger partial charge in [-0.15, -0.1) is 0 Å². The highest BCUT2D eigenvalue weighted by molar-refractivity contribution is 5.79. The van der Waals surface area contributed by atoms with Crippen molar-refractivity contribution in [3.05, 3.63) is 17.0 Å². The van der Waals surface area contributed by atoms with Crippen molar-refractivity contribution in [3.8, 4) is 0 Å².